The largest absolute Gasteiger partial charge is 0.462 e. The van der Waals surface area contributed by atoms with E-state index in [1.165, 1.54) is 13.1 Å². The maximum absolute atomic E-state index is 12.8. The van der Waals surface area contributed by atoms with Gasteiger partial charge in [0.2, 0.25) is 5.91 Å². The number of aromatic nitrogens is 1. The number of anilines is 3. The number of amides is 3. The molecule has 0 aliphatic carbocycles. The molecule has 1 saturated heterocycles. The first-order valence-corrected chi connectivity index (χ1v) is 10.7. The van der Waals surface area contributed by atoms with E-state index >= 15 is 0 Å². The first-order valence-electron chi connectivity index (χ1n) is 10.7. The molecule has 0 bridgehead atoms. The summed E-state index contributed by atoms with van der Waals surface area (Å²) in [6.07, 6.45) is 2.31. The molecule has 3 amide bonds. The number of hydrogen-bond acceptors (Lipinski definition) is 6. The van der Waals surface area contributed by atoms with Gasteiger partial charge < -0.3 is 25.2 Å². The molecule has 1 aliphatic heterocycles. The van der Waals surface area contributed by atoms with Crippen LogP contribution in [0, 0.1) is 6.92 Å². The summed E-state index contributed by atoms with van der Waals surface area (Å²) in [5.41, 5.74) is 2.64. The average molecular weight is 440 g/mol. The van der Waals surface area contributed by atoms with Crippen LogP contribution in [0.5, 0.6) is 0 Å². The lowest BCUT2D eigenvalue weighted by molar-refractivity contribution is -0.114. The lowest BCUT2D eigenvalue weighted by Crippen LogP contribution is -2.38. The highest BCUT2D eigenvalue weighted by Gasteiger charge is 2.20. The number of pyridine rings is 1. The fourth-order valence-corrected chi connectivity index (χ4v) is 3.48. The number of aryl methyl sites for hydroxylation is 1. The van der Waals surface area contributed by atoms with Crippen LogP contribution in [-0.2, 0) is 9.53 Å². The molecule has 1 aromatic heterocycles. The van der Waals surface area contributed by atoms with Gasteiger partial charge in [-0.1, -0.05) is 6.07 Å². The van der Waals surface area contributed by atoms with E-state index in [1.807, 2.05) is 19.1 Å². The Morgan fingerprint density at radius 2 is 1.88 bits per heavy atom. The van der Waals surface area contributed by atoms with E-state index < -0.39 is 0 Å². The molecule has 3 rings (SSSR count). The van der Waals surface area contributed by atoms with Crippen molar-refractivity contribution in [2.24, 2.45) is 0 Å². The molecule has 1 fully saturated rings. The quantitative estimate of drug-likeness (QED) is 0.693. The summed E-state index contributed by atoms with van der Waals surface area (Å²) in [6, 6.07) is 8.76. The number of esters is 1. The van der Waals surface area contributed by atoms with Crippen LogP contribution in [0.1, 0.15) is 36.2 Å². The first-order chi connectivity index (χ1) is 15.4. The third-order valence-electron chi connectivity index (χ3n) is 5.17. The molecule has 170 valence electrons. The number of nitrogens with one attached hydrogen (secondary N) is 2. The van der Waals surface area contributed by atoms with Crippen molar-refractivity contribution in [3.63, 3.8) is 0 Å². The number of carbonyl (C=O) groups excluding carboxylic acids is 3. The lowest BCUT2D eigenvalue weighted by Gasteiger charge is -2.23. The van der Waals surface area contributed by atoms with Crippen molar-refractivity contribution in [1.29, 1.82) is 0 Å². The van der Waals surface area contributed by atoms with Gasteiger partial charge in [-0.05, 0) is 50.1 Å². The smallest absolute Gasteiger partial charge is 0.339 e. The predicted octanol–water partition coefficient (Wildman–Crippen LogP) is 3.27. The molecule has 2 aromatic rings. The van der Waals surface area contributed by atoms with Crippen LogP contribution in [0.25, 0.3) is 0 Å². The van der Waals surface area contributed by atoms with Crippen LogP contribution in [0.2, 0.25) is 0 Å². The number of hydrogen-bond donors (Lipinski definition) is 2. The fourth-order valence-electron chi connectivity index (χ4n) is 3.48. The van der Waals surface area contributed by atoms with Gasteiger partial charge in [-0.2, -0.15) is 0 Å². The van der Waals surface area contributed by atoms with Gasteiger partial charge in [0.05, 0.1) is 12.2 Å². The summed E-state index contributed by atoms with van der Waals surface area (Å²) in [4.78, 5) is 44.2. The third kappa shape index (κ3) is 5.96. The molecule has 0 radical (unpaired) electrons. The number of ether oxygens (including phenoxy) is 1. The Balaban J connectivity index is 1.59. The van der Waals surface area contributed by atoms with Crippen molar-refractivity contribution in [3.8, 4) is 0 Å². The van der Waals surface area contributed by atoms with Gasteiger partial charge in [0, 0.05) is 50.7 Å². The van der Waals surface area contributed by atoms with Crippen LogP contribution >= 0.6 is 0 Å². The minimum Gasteiger partial charge on any atom is -0.462 e. The highest BCUT2D eigenvalue weighted by Crippen LogP contribution is 2.21. The van der Waals surface area contributed by atoms with E-state index in [4.69, 9.17) is 4.74 Å². The zero-order valence-corrected chi connectivity index (χ0v) is 18.7. The minimum absolute atomic E-state index is 0.159. The Morgan fingerprint density at radius 3 is 2.56 bits per heavy atom. The highest BCUT2D eigenvalue weighted by atomic mass is 16.5. The second-order valence-electron chi connectivity index (χ2n) is 7.59. The van der Waals surface area contributed by atoms with Crippen molar-refractivity contribution in [2.45, 2.75) is 27.2 Å². The molecule has 1 aliphatic rings. The Morgan fingerprint density at radius 1 is 1.06 bits per heavy atom. The maximum atomic E-state index is 12.8. The Hall–Kier alpha value is -3.62. The minimum atomic E-state index is -0.386. The number of carbonyl (C=O) groups is 3. The van der Waals surface area contributed by atoms with Crippen LogP contribution in [0.4, 0.5) is 22.0 Å². The Bertz CT molecular complexity index is 977. The summed E-state index contributed by atoms with van der Waals surface area (Å²) in [5.74, 6) is 0.218. The fraction of sp³-hybridized carbons (Fsp3) is 0.391. The highest BCUT2D eigenvalue weighted by molar-refractivity contribution is 5.93. The van der Waals surface area contributed by atoms with Crippen molar-refractivity contribution >= 4 is 35.1 Å². The van der Waals surface area contributed by atoms with Crippen LogP contribution in [0.3, 0.4) is 0 Å². The van der Waals surface area contributed by atoms with Gasteiger partial charge in [0.1, 0.15) is 5.82 Å². The van der Waals surface area contributed by atoms with E-state index in [2.05, 4.69) is 20.5 Å². The number of urea groups is 1. The zero-order chi connectivity index (χ0) is 23.1. The van der Waals surface area contributed by atoms with Crippen LogP contribution in [-0.4, -0.2) is 60.6 Å². The molecule has 0 unspecified atom stereocenters. The summed E-state index contributed by atoms with van der Waals surface area (Å²) in [6.45, 7) is 7.98. The Labute approximate surface area is 187 Å². The normalized spacial score (nSPS) is 13.8. The molecule has 1 aromatic carbocycles. The van der Waals surface area contributed by atoms with E-state index in [0.29, 0.717) is 43.2 Å². The summed E-state index contributed by atoms with van der Waals surface area (Å²) in [5, 5.41) is 5.69. The van der Waals surface area contributed by atoms with Gasteiger partial charge in [-0.15, -0.1) is 0 Å². The first kappa shape index (κ1) is 23.1. The molecular formula is C23H29N5O4. The molecule has 9 nitrogen and oxygen atoms in total. The number of nitrogens with zero attached hydrogens (tertiary/aromatic N) is 3. The van der Waals surface area contributed by atoms with Gasteiger partial charge in [-0.25, -0.2) is 14.6 Å². The van der Waals surface area contributed by atoms with Gasteiger partial charge in [0.15, 0.2) is 0 Å². The van der Waals surface area contributed by atoms with Crippen molar-refractivity contribution in [2.75, 3.05) is 48.3 Å². The van der Waals surface area contributed by atoms with Gasteiger partial charge >= 0.3 is 12.0 Å². The number of benzene rings is 1. The second-order valence-corrected chi connectivity index (χ2v) is 7.59. The van der Waals surface area contributed by atoms with Gasteiger partial charge in [-0.3, -0.25) is 4.79 Å². The van der Waals surface area contributed by atoms with Crippen molar-refractivity contribution in [1.82, 2.24) is 9.88 Å². The predicted molar refractivity (Wildman–Crippen MR) is 123 cm³/mol. The van der Waals surface area contributed by atoms with E-state index in [1.54, 1.807) is 30.0 Å². The molecule has 0 atom stereocenters. The molecule has 2 heterocycles. The summed E-state index contributed by atoms with van der Waals surface area (Å²) >= 11 is 0. The standard InChI is InChI=1S/C23H29N5O4/c1-4-32-22(30)18-7-9-21(24-15-18)27-10-5-11-28(13-12-27)23(31)26-19-8-6-16(2)20(14-19)25-17(3)29/h6-9,14-15H,4-5,10-13H2,1-3H3,(H,25,29)(H,26,31). The number of rotatable bonds is 5. The molecule has 0 saturated carbocycles. The van der Waals surface area contributed by atoms with Crippen molar-refractivity contribution in [3.05, 3.63) is 47.7 Å². The zero-order valence-electron chi connectivity index (χ0n) is 18.7. The molecule has 9 heteroatoms. The van der Waals surface area contributed by atoms with Crippen LogP contribution < -0.4 is 15.5 Å². The van der Waals surface area contributed by atoms with Crippen molar-refractivity contribution < 1.29 is 19.1 Å². The van der Waals surface area contributed by atoms with E-state index in [0.717, 1.165) is 24.3 Å². The Kier molecular flexibility index (Phi) is 7.64. The average Bonchev–Trinajstić information content (AvgIpc) is 3.02. The van der Waals surface area contributed by atoms with Crippen LogP contribution in [0.15, 0.2) is 36.5 Å². The lowest BCUT2D eigenvalue weighted by atomic mass is 10.2. The monoisotopic (exact) mass is 439 g/mol. The van der Waals surface area contributed by atoms with E-state index in [-0.39, 0.29) is 17.9 Å². The second kappa shape index (κ2) is 10.6. The molecule has 2 N–H and O–H groups in total. The topological polar surface area (TPSA) is 104 Å². The summed E-state index contributed by atoms with van der Waals surface area (Å²) < 4.78 is 4.99. The van der Waals surface area contributed by atoms with E-state index in [9.17, 15) is 14.4 Å². The third-order valence-corrected chi connectivity index (χ3v) is 5.17. The van der Waals surface area contributed by atoms with Gasteiger partial charge in [0.25, 0.3) is 0 Å². The molecular weight excluding hydrogens is 410 g/mol. The summed E-state index contributed by atoms with van der Waals surface area (Å²) in [7, 11) is 0. The SMILES string of the molecule is CCOC(=O)c1ccc(N2CCCN(C(=O)Nc3ccc(C)c(NC(C)=O)c3)CC2)nc1. The molecule has 32 heavy (non-hydrogen) atoms. The maximum Gasteiger partial charge on any atom is 0.339 e. The molecule has 0 spiro atoms.